The molecule has 1 aromatic heterocycles. The van der Waals surface area contributed by atoms with E-state index in [-0.39, 0.29) is 23.8 Å². The summed E-state index contributed by atoms with van der Waals surface area (Å²) in [7, 11) is 1.77. The summed E-state index contributed by atoms with van der Waals surface area (Å²) in [6, 6.07) is 6.17. The lowest BCUT2D eigenvalue weighted by atomic mass is 9.96. The monoisotopic (exact) mass is 346 g/mol. The summed E-state index contributed by atoms with van der Waals surface area (Å²) in [4.78, 5) is 12.1. The molecule has 7 heteroatoms. The third-order valence-corrected chi connectivity index (χ3v) is 4.80. The molecule has 1 unspecified atom stereocenters. The predicted molar refractivity (Wildman–Crippen MR) is 91.5 cm³/mol. The first-order valence-corrected chi connectivity index (χ1v) is 8.30. The van der Waals surface area contributed by atoms with Gasteiger partial charge in [-0.05, 0) is 37.5 Å². The molecule has 134 valence electrons. The highest BCUT2D eigenvalue weighted by Crippen LogP contribution is 2.47. The average molecular weight is 346 g/mol. The Hall–Kier alpha value is -2.41. The number of halogens is 1. The molecule has 0 aliphatic heterocycles. The first kappa shape index (κ1) is 17.4. The Morgan fingerprint density at radius 1 is 1.44 bits per heavy atom. The predicted octanol–water partition coefficient (Wildman–Crippen LogP) is 1.80. The van der Waals surface area contributed by atoms with Crippen molar-refractivity contribution in [2.45, 2.75) is 30.8 Å². The Morgan fingerprint density at radius 3 is 2.80 bits per heavy atom. The normalized spacial score (nSPS) is 17.6. The van der Waals surface area contributed by atoms with Crippen LogP contribution in [-0.4, -0.2) is 34.0 Å². The molecule has 0 spiro atoms. The van der Waals surface area contributed by atoms with Gasteiger partial charge in [-0.2, -0.15) is 5.10 Å². The summed E-state index contributed by atoms with van der Waals surface area (Å²) in [6.45, 7) is 2.13. The van der Waals surface area contributed by atoms with Gasteiger partial charge in [0.15, 0.2) is 0 Å². The Bertz CT molecular complexity index is 768. The van der Waals surface area contributed by atoms with Crippen LogP contribution in [0.4, 0.5) is 9.18 Å². The second-order valence-corrected chi connectivity index (χ2v) is 7.00. The van der Waals surface area contributed by atoms with E-state index in [1.54, 1.807) is 37.1 Å². The number of nitrogens with zero attached hydrogens (tertiary/aromatic N) is 2. The van der Waals surface area contributed by atoms with Gasteiger partial charge in [-0.1, -0.05) is 12.1 Å². The van der Waals surface area contributed by atoms with E-state index in [4.69, 9.17) is 0 Å². The summed E-state index contributed by atoms with van der Waals surface area (Å²) in [5.74, 6) is -0.263. The van der Waals surface area contributed by atoms with E-state index in [0.717, 1.165) is 18.4 Å². The molecule has 1 saturated carbocycles. The topological polar surface area (TPSA) is 79.2 Å². The fourth-order valence-electron chi connectivity index (χ4n) is 2.90. The van der Waals surface area contributed by atoms with Crippen molar-refractivity contribution in [3.8, 4) is 0 Å². The maximum absolute atomic E-state index is 13.4. The molecule has 6 nitrogen and oxygen atoms in total. The van der Waals surface area contributed by atoms with Gasteiger partial charge in [0.2, 0.25) is 0 Å². The lowest BCUT2D eigenvalue weighted by molar-refractivity contribution is 0.0593. The van der Waals surface area contributed by atoms with Crippen LogP contribution in [0.5, 0.6) is 0 Å². The van der Waals surface area contributed by atoms with Crippen LogP contribution < -0.4 is 10.6 Å². The van der Waals surface area contributed by atoms with Crippen LogP contribution in [0.2, 0.25) is 0 Å². The van der Waals surface area contributed by atoms with Crippen molar-refractivity contribution in [3.05, 3.63) is 53.6 Å². The number of aryl methyl sites for hydroxylation is 1. The molecule has 3 N–H and O–H groups in total. The molecule has 1 aliphatic rings. The first-order valence-electron chi connectivity index (χ1n) is 8.30. The minimum atomic E-state index is -1.20. The number of carbonyl (C=O) groups is 1. The minimum absolute atomic E-state index is 0.0670. The highest BCUT2D eigenvalue weighted by Gasteiger charge is 2.44. The lowest BCUT2D eigenvalue weighted by Crippen LogP contribution is -2.45. The Labute approximate surface area is 146 Å². The summed E-state index contributed by atoms with van der Waals surface area (Å²) in [6.07, 6.45) is 5.12. The van der Waals surface area contributed by atoms with Crippen LogP contribution in [0.25, 0.3) is 0 Å². The molecule has 1 fully saturated rings. The fourth-order valence-corrected chi connectivity index (χ4v) is 2.90. The smallest absolute Gasteiger partial charge is 0.314 e. The lowest BCUT2D eigenvalue weighted by Gasteiger charge is -2.23. The second kappa shape index (κ2) is 6.48. The minimum Gasteiger partial charge on any atom is -0.383 e. The number of aliphatic hydroxyl groups is 1. The zero-order valence-electron chi connectivity index (χ0n) is 14.4. The molecule has 0 saturated heterocycles. The van der Waals surface area contributed by atoms with E-state index in [9.17, 15) is 14.3 Å². The highest BCUT2D eigenvalue weighted by atomic mass is 19.1. The van der Waals surface area contributed by atoms with E-state index in [1.807, 2.05) is 6.07 Å². The third kappa shape index (κ3) is 3.99. The summed E-state index contributed by atoms with van der Waals surface area (Å²) >= 11 is 0. The zero-order chi connectivity index (χ0) is 18.1. The van der Waals surface area contributed by atoms with E-state index in [1.165, 1.54) is 12.1 Å². The van der Waals surface area contributed by atoms with Gasteiger partial charge in [0, 0.05) is 30.8 Å². The van der Waals surface area contributed by atoms with Crippen molar-refractivity contribution in [3.63, 3.8) is 0 Å². The molecule has 25 heavy (non-hydrogen) atoms. The second-order valence-electron chi connectivity index (χ2n) is 7.00. The average Bonchev–Trinajstić information content (AvgIpc) is 3.24. The summed E-state index contributed by atoms with van der Waals surface area (Å²) in [5.41, 5.74) is 0.167. The van der Waals surface area contributed by atoms with E-state index in [2.05, 4.69) is 15.7 Å². The van der Waals surface area contributed by atoms with Gasteiger partial charge in [0.1, 0.15) is 11.4 Å². The highest BCUT2D eigenvalue weighted by molar-refractivity contribution is 5.74. The molecule has 1 aliphatic carbocycles. The Kier molecular flexibility index (Phi) is 4.51. The number of aromatic nitrogens is 2. The van der Waals surface area contributed by atoms with Gasteiger partial charge >= 0.3 is 6.03 Å². The van der Waals surface area contributed by atoms with Crippen LogP contribution in [0.15, 0.2) is 36.7 Å². The molecule has 2 amide bonds. The number of urea groups is 1. The van der Waals surface area contributed by atoms with E-state index >= 15 is 0 Å². The van der Waals surface area contributed by atoms with Gasteiger partial charge in [-0.25, -0.2) is 9.18 Å². The van der Waals surface area contributed by atoms with Crippen molar-refractivity contribution in [1.29, 1.82) is 0 Å². The van der Waals surface area contributed by atoms with Crippen molar-refractivity contribution < 1.29 is 14.3 Å². The van der Waals surface area contributed by atoms with Gasteiger partial charge in [-0.15, -0.1) is 0 Å². The Morgan fingerprint density at radius 2 is 2.20 bits per heavy atom. The molecule has 2 aromatic rings. The van der Waals surface area contributed by atoms with Crippen molar-refractivity contribution >= 4 is 6.03 Å². The molecule has 3 rings (SSSR count). The van der Waals surface area contributed by atoms with Crippen LogP contribution in [0.3, 0.4) is 0 Å². The number of carbonyl (C=O) groups excluding carboxylic acids is 1. The number of hydrogen-bond donors (Lipinski definition) is 3. The van der Waals surface area contributed by atoms with Crippen molar-refractivity contribution in [2.75, 3.05) is 13.1 Å². The van der Waals surface area contributed by atoms with Gasteiger partial charge in [0.05, 0.1) is 12.7 Å². The van der Waals surface area contributed by atoms with Gasteiger partial charge in [0.25, 0.3) is 0 Å². The summed E-state index contributed by atoms with van der Waals surface area (Å²) < 4.78 is 15.0. The molecular formula is C18H23FN4O2. The number of rotatable bonds is 6. The summed E-state index contributed by atoms with van der Waals surface area (Å²) in [5, 5.41) is 20.0. The van der Waals surface area contributed by atoms with E-state index in [0.29, 0.717) is 12.1 Å². The SMILES string of the molecule is Cn1cc(C(C)(O)CNC(=O)NCC2(c3cccc(F)c3)CC2)cn1. The van der Waals surface area contributed by atoms with Gasteiger partial charge in [-0.3, -0.25) is 4.68 Å². The molecule has 0 bridgehead atoms. The molecule has 1 atom stereocenters. The standard InChI is InChI=1S/C18H23FN4O2/c1-17(25,14-9-22-23(2)10-14)11-20-16(24)21-12-18(6-7-18)13-4-3-5-15(19)8-13/h3-5,8-10,25H,6-7,11-12H2,1-2H3,(H2,20,21,24). The molecular weight excluding hydrogens is 323 g/mol. The number of hydrogen-bond acceptors (Lipinski definition) is 3. The quantitative estimate of drug-likeness (QED) is 0.746. The van der Waals surface area contributed by atoms with E-state index < -0.39 is 5.60 Å². The zero-order valence-corrected chi connectivity index (χ0v) is 14.4. The van der Waals surface area contributed by atoms with Crippen molar-refractivity contribution in [2.24, 2.45) is 7.05 Å². The van der Waals surface area contributed by atoms with Crippen LogP contribution in [0.1, 0.15) is 30.9 Å². The Balaban J connectivity index is 1.52. The maximum atomic E-state index is 13.4. The number of benzene rings is 1. The molecule has 0 radical (unpaired) electrons. The third-order valence-electron chi connectivity index (χ3n) is 4.80. The fraction of sp³-hybridized carbons (Fsp3) is 0.444. The first-order chi connectivity index (χ1) is 11.8. The largest absolute Gasteiger partial charge is 0.383 e. The maximum Gasteiger partial charge on any atom is 0.314 e. The van der Waals surface area contributed by atoms with Crippen LogP contribution >= 0.6 is 0 Å². The van der Waals surface area contributed by atoms with Crippen LogP contribution in [-0.2, 0) is 18.1 Å². The molecule has 1 heterocycles. The molecule has 1 aromatic carbocycles. The van der Waals surface area contributed by atoms with Crippen molar-refractivity contribution in [1.82, 2.24) is 20.4 Å². The number of nitrogens with one attached hydrogen (secondary N) is 2. The van der Waals surface area contributed by atoms with Crippen LogP contribution in [0, 0.1) is 5.82 Å². The number of amides is 2. The van der Waals surface area contributed by atoms with Gasteiger partial charge < -0.3 is 15.7 Å².